The second-order valence-corrected chi connectivity index (χ2v) is 6.39. The van der Waals surface area contributed by atoms with E-state index < -0.39 is 23.8 Å². The van der Waals surface area contributed by atoms with Crippen molar-refractivity contribution in [3.8, 4) is 0 Å². The molecule has 2 N–H and O–H groups in total. The summed E-state index contributed by atoms with van der Waals surface area (Å²) in [5.74, 6) is -2.29. The van der Waals surface area contributed by atoms with Crippen LogP contribution in [0.3, 0.4) is 0 Å². The maximum atomic E-state index is 12.4. The van der Waals surface area contributed by atoms with Gasteiger partial charge in [-0.1, -0.05) is 35.9 Å². The highest BCUT2D eigenvalue weighted by molar-refractivity contribution is 5.91. The molecule has 7 nitrogen and oxygen atoms in total. The molecule has 2 atom stereocenters. The van der Waals surface area contributed by atoms with E-state index in [2.05, 4.69) is 11.9 Å². The number of rotatable bonds is 9. The van der Waals surface area contributed by atoms with Crippen molar-refractivity contribution in [1.82, 2.24) is 10.2 Å². The Kier molecular flexibility index (Phi) is 6.91. The molecule has 2 rings (SSSR count). The van der Waals surface area contributed by atoms with E-state index in [1.54, 1.807) is 4.90 Å². The average molecular weight is 360 g/mol. The summed E-state index contributed by atoms with van der Waals surface area (Å²) >= 11 is 0. The zero-order chi connectivity index (χ0) is 19.1. The molecule has 7 heteroatoms. The Morgan fingerprint density at radius 3 is 2.73 bits per heavy atom. The average Bonchev–Trinajstić information content (AvgIpc) is 2.97. The lowest BCUT2D eigenvalue weighted by atomic mass is 10.1. The standard InChI is InChI=1S/C19H24N2O5/c1-3-8-26-12-16(19(24)25)20-18(23)15-9-17(22)21(11-15)10-14-6-4-13(2)5-7-14/h3-7,15-16H,1,8-12H2,2H3,(H,20,23)(H,24,25). The van der Waals surface area contributed by atoms with Crippen LogP contribution in [0.1, 0.15) is 17.5 Å². The molecule has 2 amide bonds. The fourth-order valence-corrected chi connectivity index (χ4v) is 2.75. The largest absolute Gasteiger partial charge is 0.480 e. The van der Waals surface area contributed by atoms with E-state index in [4.69, 9.17) is 4.74 Å². The lowest BCUT2D eigenvalue weighted by Gasteiger charge is -2.18. The van der Waals surface area contributed by atoms with E-state index in [0.717, 1.165) is 11.1 Å². The second kappa shape index (κ2) is 9.15. The molecular formula is C19H24N2O5. The first-order chi connectivity index (χ1) is 12.4. The molecule has 1 aliphatic heterocycles. The van der Waals surface area contributed by atoms with Crippen molar-refractivity contribution >= 4 is 17.8 Å². The van der Waals surface area contributed by atoms with E-state index in [9.17, 15) is 19.5 Å². The van der Waals surface area contributed by atoms with Crippen molar-refractivity contribution in [3.63, 3.8) is 0 Å². The van der Waals surface area contributed by atoms with Gasteiger partial charge in [-0.3, -0.25) is 9.59 Å². The summed E-state index contributed by atoms with van der Waals surface area (Å²) in [4.78, 5) is 37.4. The van der Waals surface area contributed by atoms with Gasteiger partial charge >= 0.3 is 5.97 Å². The minimum atomic E-state index is -1.18. The minimum Gasteiger partial charge on any atom is -0.480 e. The van der Waals surface area contributed by atoms with Crippen LogP contribution < -0.4 is 5.32 Å². The molecule has 1 heterocycles. The SMILES string of the molecule is C=CCOCC(NC(=O)C1CC(=O)N(Cc2ccc(C)cc2)C1)C(=O)O. The molecule has 0 saturated carbocycles. The number of aliphatic carboxylic acids is 1. The highest BCUT2D eigenvalue weighted by Gasteiger charge is 2.35. The number of benzene rings is 1. The molecule has 140 valence electrons. The van der Waals surface area contributed by atoms with Gasteiger partial charge in [-0.15, -0.1) is 6.58 Å². The number of nitrogens with zero attached hydrogens (tertiary/aromatic N) is 1. The fourth-order valence-electron chi connectivity index (χ4n) is 2.75. The molecule has 0 aliphatic carbocycles. The van der Waals surface area contributed by atoms with E-state index >= 15 is 0 Å². The number of carboxylic acids is 1. The molecule has 0 aromatic heterocycles. The van der Waals surface area contributed by atoms with Crippen molar-refractivity contribution in [2.24, 2.45) is 5.92 Å². The fraction of sp³-hybridized carbons (Fsp3) is 0.421. The summed E-state index contributed by atoms with van der Waals surface area (Å²) in [6.07, 6.45) is 1.58. The van der Waals surface area contributed by atoms with Gasteiger partial charge in [-0.2, -0.15) is 0 Å². The Balaban J connectivity index is 1.91. The van der Waals surface area contributed by atoms with Crippen LogP contribution in [0.5, 0.6) is 0 Å². The zero-order valence-electron chi connectivity index (χ0n) is 14.8. The quantitative estimate of drug-likeness (QED) is 0.508. The Morgan fingerprint density at radius 2 is 2.12 bits per heavy atom. The summed E-state index contributed by atoms with van der Waals surface area (Å²) in [6.45, 7) is 6.23. The molecule has 1 aromatic rings. The van der Waals surface area contributed by atoms with Crippen molar-refractivity contribution in [1.29, 1.82) is 0 Å². The van der Waals surface area contributed by atoms with E-state index in [1.165, 1.54) is 6.08 Å². The predicted molar refractivity (Wildman–Crippen MR) is 95.3 cm³/mol. The van der Waals surface area contributed by atoms with Gasteiger partial charge in [0.25, 0.3) is 0 Å². The third kappa shape index (κ3) is 5.42. The number of hydrogen-bond donors (Lipinski definition) is 2. The van der Waals surface area contributed by atoms with Crippen LogP contribution in [0.15, 0.2) is 36.9 Å². The van der Waals surface area contributed by atoms with Gasteiger partial charge in [-0.25, -0.2) is 4.79 Å². The summed E-state index contributed by atoms with van der Waals surface area (Å²) in [5.41, 5.74) is 2.13. The van der Waals surface area contributed by atoms with Crippen LogP contribution >= 0.6 is 0 Å². The highest BCUT2D eigenvalue weighted by Crippen LogP contribution is 2.20. The van der Waals surface area contributed by atoms with Crippen LogP contribution in [0.4, 0.5) is 0 Å². The van der Waals surface area contributed by atoms with Gasteiger partial charge in [0.05, 0.1) is 19.1 Å². The number of ether oxygens (including phenoxy) is 1. The molecule has 1 aliphatic rings. The van der Waals surface area contributed by atoms with Crippen molar-refractivity contribution in [2.75, 3.05) is 19.8 Å². The van der Waals surface area contributed by atoms with Crippen molar-refractivity contribution in [3.05, 3.63) is 48.0 Å². The van der Waals surface area contributed by atoms with Crippen LogP contribution in [-0.2, 0) is 25.7 Å². The molecule has 1 saturated heterocycles. The smallest absolute Gasteiger partial charge is 0.328 e. The molecular weight excluding hydrogens is 336 g/mol. The predicted octanol–water partition coefficient (Wildman–Crippen LogP) is 1.12. The molecule has 2 unspecified atom stereocenters. The third-order valence-corrected chi connectivity index (χ3v) is 4.21. The van der Waals surface area contributed by atoms with Gasteiger partial charge in [0, 0.05) is 19.5 Å². The first kappa shape index (κ1) is 19.7. The summed E-state index contributed by atoms with van der Waals surface area (Å²) < 4.78 is 5.11. The molecule has 0 spiro atoms. The molecule has 26 heavy (non-hydrogen) atoms. The number of carbonyl (C=O) groups excluding carboxylic acids is 2. The maximum Gasteiger partial charge on any atom is 0.328 e. The van der Waals surface area contributed by atoms with Gasteiger partial charge in [0.1, 0.15) is 0 Å². The van der Waals surface area contributed by atoms with E-state index in [-0.39, 0.29) is 32.1 Å². The number of carboxylic acid groups (broad SMARTS) is 1. The normalized spacial score (nSPS) is 17.8. The lowest BCUT2D eigenvalue weighted by Crippen LogP contribution is -2.46. The number of hydrogen-bond acceptors (Lipinski definition) is 4. The molecule has 0 bridgehead atoms. The van der Waals surface area contributed by atoms with Gasteiger partial charge in [0.15, 0.2) is 6.04 Å². The third-order valence-electron chi connectivity index (χ3n) is 4.21. The first-order valence-corrected chi connectivity index (χ1v) is 8.46. The topological polar surface area (TPSA) is 95.9 Å². The summed E-state index contributed by atoms with van der Waals surface area (Å²) in [5, 5.41) is 11.6. The van der Waals surface area contributed by atoms with E-state index in [1.807, 2.05) is 31.2 Å². The Morgan fingerprint density at radius 1 is 1.42 bits per heavy atom. The lowest BCUT2D eigenvalue weighted by molar-refractivity contribution is -0.144. The highest BCUT2D eigenvalue weighted by atomic mass is 16.5. The maximum absolute atomic E-state index is 12.4. The van der Waals surface area contributed by atoms with Gasteiger partial charge < -0.3 is 20.1 Å². The molecule has 0 radical (unpaired) electrons. The van der Waals surface area contributed by atoms with Gasteiger partial charge in [-0.05, 0) is 12.5 Å². The van der Waals surface area contributed by atoms with Crippen LogP contribution in [0, 0.1) is 12.8 Å². The number of amides is 2. The number of carbonyl (C=O) groups is 3. The first-order valence-electron chi connectivity index (χ1n) is 8.46. The monoisotopic (exact) mass is 360 g/mol. The molecule has 1 fully saturated rings. The minimum absolute atomic E-state index is 0.0809. The number of likely N-dealkylation sites (tertiary alicyclic amines) is 1. The van der Waals surface area contributed by atoms with Crippen LogP contribution in [0.25, 0.3) is 0 Å². The van der Waals surface area contributed by atoms with Crippen molar-refractivity contribution < 1.29 is 24.2 Å². The second-order valence-electron chi connectivity index (χ2n) is 6.39. The number of aryl methyl sites for hydroxylation is 1. The van der Waals surface area contributed by atoms with Gasteiger partial charge in [0.2, 0.25) is 11.8 Å². The Hall–Kier alpha value is -2.67. The number of nitrogens with one attached hydrogen (secondary N) is 1. The van der Waals surface area contributed by atoms with E-state index in [0.29, 0.717) is 6.54 Å². The Bertz CT molecular complexity index is 671. The summed E-state index contributed by atoms with van der Waals surface area (Å²) in [6, 6.07) is 6.70. The zero-order valence-corrected chi connectivity index (χ0v) is 14.8. The van der Waals surface area contributed by atoms with Crippen LogP contribution in [0.2, 0.25) is 0 Å². The Labute approximate surface area is 152 Å². The molecule has 1 aromatic carbocycles. The van der Waals surface area contributed by atoms with Crippen LogP contribution in [-0.4, -0.2) is 53.6 Å². The van der Waals surface area contributed by atoms with Crippen molar-refractivity contribution in [2.45, 2.75) is 25.9 Å². The summed E-state index contributed by atoms with van der Waals surface area (Å²) in [7, 11) is 0.